The Morgan fingerprint density at radius 3 is 2.07 bits per heavy atom. The highest BCUT2D eigenvalue weighted by Gasteiger charge is 2.42. The van der Waals surface area contributed by atoms with Crippen LogP contribution < -0.4 is 15.4 Å². The van der Waals surface area contributed by atoms with Crippen LogP contribution in [0.25, 0.3) is 0 Å². The van der Waals surface area contributed by atoms with E-state index in [1.165, 1.54) is 44.1 Å². The molecule has 0 radical (unpaired) electrons. The number of nitrogens with one attached hydrogen (secondary N) is 2. The molecule has 1 aromatic rings. The van der Waals surface area contributed by atoms with Crippen molar-refractivity contribution in [3.8, 4) is 5.75 Å². The van der Waals surface area contributed by atoms with Crippen molar-refractivity contribution in [3.05, 3.63) is 29.8 Å². The van der Waals surface area contributed by atoms with Crippen LogP contribution in [-0.4, -0.2) is 19.1 Å². The monoisotopic (exact) mass is 384 g/mol. The molecule has 4 heteroatoms. The summed E-state index contributed by atoms with van der Waals surface area (Å²) < 4.78 is 5.71. The minimum Gasteiger partial charge on any atom is -0.426 e. The van der Waals surface area contributed by atoms with Crippen molar-refractivity contribution >= 4 is 5.97 Å². The molecular weight excluding hydrogens is 348 g/mol. The number of benzene rings is 1. The lowest BCUT2D eigenvalue weighted by Gasteiger charge is -2.48. The van der Waals surface area contributed by atoms with Gasteiger partial charge in [0.05, 0.1) is 11.6 Å². The number of carbonyl (C=O) groups is 1. The fourth-order valence-electron chi connectivity index (χ4n) is 5.39. The lowest BCUT2D eigenvalue weighted by atomic mass is 9.75. The van der Waals surface area contributed by atoms with Gasteiger partial charge < -0.3 is 4.74 Å². The van der Waals surface area contributed by atoms with Gasteiger partial charge in [-0.25, -0.2) is 0 Å². The molecule has 0 spiro atoms. The molecule has 0 unspecified atom stereocenters. The molecule has 2 N–H and O–H groups in total. The molecule has 0 amide bonds. The Morgan fingerprint density at radius 1 is 0.893 bits per heavy atom. The number of rotatable bonds is 4. The molecule has 1 heterocycles. The van der Waals surface area contributed by atoms with E-state index in [0.717, 1.165) is 38.8 Å². The summed E-state index contributed by atoms with van der Waals surface area (Å²) in [6.45, 7) is 4.38. The lowest BCUT2D eigenvalue weighted by molar-refractivity contribution is -0.139. The van der Waals surface area contributed by atoms with Crippen LogP contribution in [-0.2, 0) is 10.5 Å². The van der Waals surface area contributed by atoms with Crippen molar-refractivity contribution in [1.82, 2.24) is 10.6 Å². The Morgan fingerprint density at radius 2 is 1.46 bits per heavy atom. The van der Waals surface area contributed by atoms with Gasteiger partial charge in [-0.2, -0.15) is 0 Å². The van der Waals surface area contributed by atoms with Crippen molar-refractivity contribution < 1.29 is 9.53 Å². The van der Waals surface area contributed by atoms with Crippen LogP contribution in [0.5, 0.6) is 5.75 Å². The molecule has 28 heavy (non-hydrogen) atoms. The molecule has 1 saturated heterocycles. The van der Waals surface area contributed by atoms with E-state index < -0.39 is 0 Å². The SMILES string of the molecule is CC1CNC(c2ccc(OC(=O)C3CCCCC3)cc2)(C2CCCCC2)NC1. The van der Waals surface area contributed by atoms with E-state index in [1.54, 1.807) is 0 Å². The second-order valence-corrected chi connectivity index (χ2v) is 9.29. The van der Waals surface area contributed by atoms with Crippen molar-refractivity contribution in [3.63, 3.8) is 0 Å². The Kier molecular flexibility index (Phi) is 6.37. The molecule has 4 rings (SSSR count). The second-order valence-electron chi connectivity index (χ2n) is 9.29. The average Bonchev–Trinajstić information content (AvgIpc) is 2.76. The lowest BCUT2D eigenvalue weighted by Crippen LogP contribution is -2.64. The van der Waals surface area contributed by atoms with Crippen LogP contribution >= 0.6 is 0 Å². The van der Waals surface area contributed by atoms with Crippen LogP contribution in [0.4, 0.5) is 0 Å². The molecule has 4 nitrogen and oxygen atoms in total. The predicted octanol–water partition coefficient (Wildman–Crippen LogP) is 4.73. The highest BCUT2D eigenvalue weighted by Crippen LogP contribution is 2.39. The van der Waals surface area contributed by atoms with Crippen LogP contribution in [0.3, 0.4) is 0 Å². The van der Waals surface area contributed by atoms with Crippen LogP contribution in [0.2, 0.25) is 0 Å². The zero-order valence-electron chi connectivity index (χ0n) is 17.3. The Balaban J connectivity index is 1.48. The molecule has 2 aliphatic carbocycles. The molecule has 3 aliphatic rings. The molecule has 1 aromatic carbocycles. The normalized spacial score (nSPS) is 30.1. The largest absolute Gasteiger partial charge is 0.426 e. The van der Waals surface area contributed by atoms with E-state index >= 15 is 0 Å². The molecule has 0 atom stereocenters. The van der Waals surface area contributed by atoms with E-state index in [-0.39, 0.29) is 17.6 Å². The van der Waals surface area contributed by atoms with E-state index in [9.17, 15) is 4.79 Å². The molecule has 3 fully saturated rings. The zero-order valence-corrected chi connectivity index (χ0v) is 17.3. The first-order chi connectivity index (χ1) is 13.7. The fourth-order valence-corrected chi connectivity index (χ4v) is 5.39. The van der Waals surface area contributed by atoms with Crippen LogP contribution in [0.15, 0.2) is 24.3 Å². The summed E-state index contributed by atoms with van der Waals surface area (Å²) in [6.07, 6.45) is 12.1. The first-order valence-corrected chi connectivity index (χ1v) is 11.5. The Bertz CT molecular complexity index is 637. The van der Waals surface area contributed by atoms with Gasteiger partial charge in [0.2, 0.25) is 0 Å². The maximum absolute atomic E-state index is 12.5. The quantitative estimate of drug-likeness (QED) is 0.582. The topological polar surface area (TPSA) is 50.4 Å². The van der Waals surface area contributed by atoms with Crippen molar-refractivity contribution in [2.24, 2.45) is 17.8 Å². The van der Waals surface area contributed by atoms with Gasteiger partial charge in [-0.15, -0.1) is 0 Å². The van der Waals surface area contributed by atoms with E-state index in [1.807, 2.05) is 12.1 Å². The standard InChI is InChI=1S/C24H36N2O2/c1-18-16-25-24(26-17-18,20-10-6-3-7-11-20)21-12-14-22(15-13-21)28-23(27)19-8-4-2-5-9-19/h12-15,18-20,25-26H,2-11,16-17H2,1H3. The number of ether oxygens (including phenoxy) is 1. The third kappa shape index (κ3) is 4.28. The van der Waals surface area contributed by atoms with Crippen molar-refractivity contribution in [2.75, 3.05) is 13.1 Å². The van der Waals surface area contributed by atoms with Gasteiger partial charge >= 0.3 is 5.97 Å². The summed E-state index contributed by atoms with van der Waals surface area (Å²) in [5.41, 5.74) is 1.14. The van der Waals surface area contributed by atoms with Gasteiger partial charge in [0, 0.05) is 13.1 Å². The van der Waals surface area contributed by atoms with Gasteiger partial charge in [0.1, 0.15) is 5.75 Å². The second kappa shape index (κ2) is 8.96. The number of carbonyl (C=O) groups excluding carboxylic acids is 1. The van der Waals surface area contributed by atoms with Gasteiger partial charge in [0.25, 0.3) is 0 Å². The third-order valence-corrected chi connectivity index (χ3v) is 7.14. The number of hydrogen-bond acceptors (Lipinski definition) is 4. The molecule has 0 aromatic heterocycles. The summed E-state index contributed by atoms with van der Waals surface area (Å²) in [6, 6.07) is 8.30. The summed E-state index contributed by atoms with van der Waals surface area (Å²) in [4.78, 5) is 12.5. The van der Waals surface area contributed by atoms with Gasteiger partial charge in [-0.05, 0) is 55.2 Å². The first kappa shape index (κ1) is 19.9. The predicted molar refractivity (Wildman–Crippen MR) is 112 cm³/mol. The number of esters is 1. The summed E-state index contributed by atoms with van der Waals surface area (Å²) in [7, 11) is 0. The van der Waals surface area contributed by atoms with Crippen LogP contribution in [0.1, 0.15) is 76.7 Å². The minimum absolute atomic E-state index is 0.0443. The summed E-state index contributed by atoms with van der Waals surface area (Å²) in [5.74, 6) is 1.99. The van der Waals surface area contributed by atoms with Gasteiger partial charge in [0.15, 0.2) is 0 Å². The van der Waals surface area contributed by atoms with E-state index in [2.05, 4.69) is 29.7 Å². The maximum Gasteiger partial charge on any atom is 0.314 e. The third-order valence-electron chi connectivity index (χ3n) is 7.14. The Labute approximate surface area is 169 Å². The average molecular weight is 385 g/mol. The van der Waals surface area contributed by atoms with Crippen molar-refractivity contribution in [2.45, 2.75) is 76.8 Å². The van der Waals surface area contributed by atoms with Gasteiger partial charge in [-0.1, -0.05) is 57.6 Å². The molecular formula is C24H36N2O2. The number of hydrogen-bond donors (Lipinski definition) is 2. The van der Waals surface area contributed by atoms with E-state index in [0.29, 0.717) is 17.6 Å². The summed E-state index contributed by atoms with van der Waals surface area (Å²) in [5, 5.41) is 7.72. The smallest absolute Gasteiger partial charge is 0.314 e. The highest BCUT2D eigenvalue weighted by molar-refractivity contribution is 5.75. The van der Waals surface area contributed by atoms with Crippen molar-refractivity contribution in [1.29, 1.82) is 0 Å². The maximum atomic E-state index is 12.5. The van der Waals surface area contributed by atoms with Crippen LogP contribution in [0, 0.1) is 17.8 Å². The molecule has 1 aliphatic heterocycles. The minimum atomic E-state index is -0.140. The van der Waals surface area contributed by atoms with E-state index in [4.69, 9.17) is 4.74 Å². The fraction of sp³-hybridized carbons (Fsp3) is 0.708. The Hall–Kier alpha value is -1.39. The first-order valence-electron chi connectivity index (χ1n) is 11.5. The van der Waals surface area contributed by atoms with Gasteiger partial charge in [-0.3, -0.25) is 15.4 Å². The molecule has 2 saturated carbocycles. The molecule has 154 valence electrons. The summed E-state index contributed by atoms with van der Waals surface area (Å²) >= 11 is 0. The highest BCUT2D eigenvalue weighted by atomic mass is 16.5. The molecule has 0 bridgehead atoms. The zero-order chi connectivity index (χ0) is 19.4.